The molecule has 1 unspecified atom stereocenters. The summed E-state index contributed by atoms with van der Waals surface area (Å²) in [4.78, 5) is 2.30. The van der Waals surface area contributed by atoms with Crippen LogP contribution in [-0.2, 0) is 4.74 Å². The Labute approximate surface area is 68.5 Å². The van der Waals surface area contributed by atoms with Gasteiger partial charge in [-0.25, -0.2) is 0 Å². The Bertz CT molecular complexity index is 106. The van der Waals surface area contributed by atoms with E-state index >= 15 is 0 Å². The molecule has 3 nitrogen and oxygen atoms in total. The van der Waals surface area contributed by atoms with Crippen LogP contribution < -0.4 is 5.73 Å². The molecule has 0 spiro atoms. The Morgan fingerprint density at radius 2 is 2.45 bits per heavy atom. The van der Waals surface area contributed by atoms with Crippen molar-refractivity contribution < 1.29 is 4.74 Å². The Morgan fingerprint density at radius 1 is 1.64 bits per heavy atom. The van der Waals surface area contributed by atoms with Crippen LogP contribution in [0.15, 0.2) is 0 Å². The number of hydrogen-bond donors (Lipinski definition) is 1. The van der Waals surface area contributed by atoms with Gasteiger partial charge in [0.15, 0.2) is 0 Å². The first-order valence-electron chi connectivity index (χ1n) is 4.40. The third kappa shape index (κ3) is 2.43. The quantitative estimate of drug-likeness (QED) is 0.646. The van der Waals surface area contributed by atoms with Gasteiger partial charge in [-0.1, -0.05) is 13.3 Å². The minimum Gasteiger partial charge on any atom is -0.378 e. The van der Waals surface area contributed by atoms with E-state index in [1.165, 1.54) is 12.8 Å². The highest BCUT2D eigenvalue weighted by Crippen LogP contribution is 2.10. The van der Waals surface area contributed by atoms with E-state index in [0.29, 0.717) is 12.7 Å². The van der Waals surface area contributed by atoms with Crippen molar-refractivity contribution in [2.24, 2.45) is 5.73 Å². The van der Waals surface area contributed by atoms with Crippen molar-refractivity contribution in [1.82, 2.24) is 4.90 Å². The van der Waals surface area contributed by atoms with Crippen molar-refractivity contribution in [3.8, 4) is 0 Å². The van der Waals surface area contributed by atoms with E-state index in [4.69, 9.17) is 10.5 Å². The summed E-state index contributed by atoms with van der Waals surface area (Å²) >= 11 is 0. The average molecular weight is 158 g/mol. The van der Waals surface area contributed by atoms with Gasteiger partial charge in [-0.3, -0.25) is 4.90 Å². The highest BCUT2D eigenvalue weighted by Gasteiger charge is 2.20. The number of morpholine rings is 1. The maximum Gasteiger partial charge on any atom is 0.0622 e. The Kier molecular flexibility index (Phi) is 3.83. The average Bonchev–Trinajstić information content (AvgIpc) is 2.06. The molecule has 1 heterocycles. The van der Waals surface area contributed by atoms with Crippen LogP contribution >= 0.6 is 0 Å². The SMILES string of the molecule is CCCC1COCCN1CN. The first-order chi connectivity index (χ1) is 5.38. The summed E-state index contributed by atoms with van der Waals surface area (Å²) < 4.78 is 5.37. The minimum atomic E-state index is 0.568. The van der Waals surface area contributed by atoms with Crippen molar-refractivity contribution in [1.29, 1.82) is 0 Å². The summed E-state index contributed by atoms with van der Waals surface area (Å²) in [7, 11) is 0. The minimum absolute atomic E-state index is 0.568. The van der Waals surface area contributed by atoms with Crippen molar-refractivity contribution in [3.63, 3.8) is 0 Å². The number of rotatable bonds is 3. The maximum absolute atomic E-state index is 5.59. The Hall–Kier alpha value is -0.120. The molecule has 1 rings (SSSR count). The van der Waals surface area contributed by atoms with Crippen molar-refractivity contribution in [2.45, 2.75) is 25.8 Å². The molecule has 3 heteroatoms. The van der Waals surface area contributed by atoms with Crippen LogP contribution in [0, 0.1) is 0 Å². The molecule has 1 aliphatic rings. The van der Waals surface area contributed by atoms with Gasteiger partial charge < -0.3 is 10.5 Å². The molecule has 0 aliphatic carbocycles. The van der Waals surface area contributed by atoms with Gasteiger partial charge in [0.25, 0.3) is 0 Å². The van der Waals surface area contributed by atoms with Gasteiger partial charge in [-0.15, -0.1) is 0 Å². The second-order valence-corrected chi connectivity index (χ2v) is 3.01. The van der Waals surface area contributed by atoms with Crippen LogP contribution in [-0.4, -0.2) is 37.4 Å². The molecule has 2 N–H and O–H groups in total. The predicted molar refractivity (Wildman–Crippen MR) is 45.3 cm³/mol. The van der Waals surface area contributed by atoms with Crippen LogP contribution in [0.2, 0.25) is 0 Å². The second kappa shape index (κ2) is 4.70. The predicted octanol–water partition coefficient (Wildman–Crippen LogP) is 0.404. The molecule has 0 radical (unpaired) electrons. The van der Waals surface area contributed by atoms with Crippen LogP contribution in [0.25, 0.3) is 0 Å². The van der Waals surface area contributed by atoms with E-state index in [-0.39, 0.29) is 0 Å². The monoisotopic (exact) mass is 158 g/mol. The summed E-state index contributed by atoms with van der Waals surface area (Å²) in [6.45, 7) is 5.58. The molecule has 11 heavy (non-hydrogen) atoms. The van der Waals surface area contributed by atoms with E-state index in [9.17, 15) is 0 Å². The summed E-state index contributed by atoms with van der Waals surface area (Å²) in [6.07, 6.45) is 2.42. The summed E-state index contributed by atoms with van der Waals surface area (Å²) in [6, 6.07) is 0.568. The first-order valence-corrected chi connectivity index (χ1v) is 4.40. The molecule has 0 saturated carbocycles. The highest BCUT2D eigenvalue weighted by atomic mass is 16.5. The summed E-state index contributed by atoms with van der Waals surface area (Å²) in [5.74, 6) is 0. The third-order valence-corrected chi connectivity index (χ3v) is 2.21. The first kappa shape index (κ1) is 8.97. The lowest BCUT2D eigenvalue weighted by atomic mass is 10.1. The molecule has 1 fully saturated rings. The number of hydrogen-bond acceptors (Lipinski definition) is 3. The molecular weight excluding hydrogens is 140 g/mol. The maximum atomic E-state index is 5.59. The summed E-state index contributed by atoms with van der Waals surface area (Å²) in [5, 5.41) is 0. The smallest absolute Gasteiger partial charge is 0.0622 e. The van der Waals surface area contributed by atoms with Crippen molar-refractivity contribution in [2.75, 3.05) is 26.4 Å². The summed E-state index contributed by atoms with van der Waals surface area (Å²) in [5.41, 5.74) is 5.59. The molecule has 0 aromatic carbocycles. The second-order valence-electron chi connectivity index (χ2n) is 3.01. The molecule has 0 aromatic rings. The van der Waals surface area contributed by atoms with Gasteiger partial charge in [0.2, 0.25) is 0 Å². The van der Waals surface area contributed by atoms with E-state index in [2.05, 4.69) is 11.8 Å². The van der Waals surface area contributed by atoms with Crippen LogP contribution in [0.4, 0.5) is 0 Å². The zero-order chi connectivity index (χ0) is 8.10. The lowest BCUT2D eigenvalue weighted by Crippen LogP contribution is -2.47. The lowest BCUT2D eigenvalue weighted by molar-refractivity contribution is -0.00924. The lowest BCUT2D eigenvalue weighted by Gasteiger charge is -2.34. The van der Waals surface area contributed by atoms with E-state index in [1.807, 2.05) is 0 Å². The molecule has 0 amide bonds. The van der Waals surface area contributed by atoms with E-state index < -0.39 is 0 Å². The van der Waals surface area contributed by atoms with Gasteiger partial charge in [-0.2, -0.15) is 0 Å². The van der Waals surface area contributed by atoms with E-state index in [1.54, 1.807) is 0 Å². The van der Waals surface area contributed by atoms with E-state index in [0.717, 1.165) is 19.8 Å². The molecule has 1 aliphatic heterocycles. The van der Waals surface area contributed by atoms with Crippen LogP contribution in [0.3, 0.4) is 0 Å². The topological polar surface area (TPSA) is 38.5 Å². The molecule has 0 bridgehead atoms. The molecule has 1 saturated heterocycles. The number of nitrogens with zero attached hydrogens (tertiary/aromatic N) is 1. The highest BCUT2D eigenvalue weighted by molar-refractivity contribution is 4.72. The van der Waals surface area contributed by atoms with Gasteiger partial charge >= 0.3 is 0 Å². The fraction of sp³-hybridized carbons (Fsp3) is 1.00. The Balaban J connectivity index is 2.31. The molecular formula is C8H18N2O. The van der Waals surface area contributed by atoms with Crippen LogP contribution in [0.5, 0.6) is 0 Å². The number of nitrogens with two attached hydrogens (primary N) is 1. The Morgan fingerprint density at radius 3 is 3.09 bits per heavy atom. The standard InChI is InChI=1S/C8H18N2O/c1-2-3-8-6-11-5-4-10(8)7-9/h8H,2-7,9H2,1H3. The van der Waals surface area contributed by atoms with Gasteiger partial charge in [0, 0.05) is 19.3 Å². The molecule has 66 valence electrons. The van der Waals surface area contributed by atoms with Crippen LogP contribution in [0.1, 0.15) is 19.8 Å². The third-order valence-electron chi connectivity index (χ3n) is 2.21. The van der Waals surface area contributed by atoms with Crippen molar-refractivity contribution >= 4 is 0 Å². The zero-order valence-corrected chi connectivity index (χ0v) is 7.25. The van der Waals surface area contributed by atoms with Gasteiger partial charge in [0.05, 0.1) is 13.2 Å². The molecule has 1 atom stereocenters. The zero-order valence-electron chi connectivity index (χ0n) is 7.25. The van der Waals surface area contributed by atoms with Gasteiger partial charge in [0.1, 0.15) is 0 Å². The molecule has 0 aromatic heterocycles. The van der Waals surface area contributed by atoms with Gasteiger partial charge in [-0.05, 0) is 6.42 Å². The fourth-order valence-electron chi connectivity index (χ4n) is 1.53. The van der Waals surface area contributed by atoms with Crippen molar-refractivity contribution in [3.05, 3.63) is 0 Å². The number of ether oxygens (including phenoxy) is 1. The largest absolute Gasteiger partial charge is 0.378 e. The normalized spacial score (nSPS) is 27.3. The fourth-order valence-corrected chi connectivity index (χ4v) is 1.53.